The molecule has 32 heavy (non-hydrogen) atoms. The zero-order valence-corrected chi connectivity index (χ0v) is 17.1. The van der Waals surface area contributed by atoms with Crippen LogP contribution in [0.15, 0.2) is 66.9 Å². The molecule has 0 spiro atoms. The highest BCUT2D eigenvalue weighted by molar-refractivity contribution is 6.06. The molecule has 8 nitrogen and oxygen atoms in total. The highest BCUT2D eigenvalue weighted by atomic mass is 19.1. The van der Waals surface area contributed by atoms with E-state index in [-0.39, 0.29) is 28.9 Å². The first kappa shape index (κ1) is 22.4. The molecular weight excluding hydrogens is 415 g/mol. The lowest BCUT2D eigenvalue weighted by Crippen LogP contribution is -2.21. The molecule has 1 atom stereocenters. The number of carboxylic acid groups (broad SMARTS) is 1. The molecule has 4 N–H and O–H groups in total. The summed E-state index contributed by atoms with van der Waals surface area (Å²) in [5.41, 5.74) is 1.33. The molecule has 0 bridgehead atoms. The summed E-state index contributed by atoms with van der Waals surface area (Å²) in [5, 5.41) is 16.2. The van der Waals surface area contributed by atoms with Gasteiger partial charge in [0.1, 0.15) is 11.5 Å². The molecule has 0 saturated heterocycles. The van der Waals surface area contributed by atoms with E-state index in [2.05, 4.69) is 15.6 Å². The number of benzene rings is 2. The Balaban J connectivity index is 1.68. The third-order valence-electron chi connectivity index (χ3n) is 4.66. The predicted molar refractivity (Wildman–Crippen MR) is 118 cm³/mol. The topological polar surface area (TPSA) is 120 Å². The van der Waals surface area contributed by atoms with E-state index < -0.39 is 17.8 Å². The summed E-state index contributed by atoms with van der Waals surface area (Å²) in [6.07, 6.45) is 0.574. The molecule has 0 unspecified atom stereocenters. The molecule has 3 amide bonds. The number of nitrogens with one attached hydrogen (secondary N) is 3. The number of carbonyl (C=O) groups excluding carboxylic acids is 2. The van der Waals surface area contributed by atoms with Gasteiger partial charge in [0.05, 0.1) is 29.2 Å². The van der Waals surface area contributed by atoms with Crippen LogP contribution in [0.2, 0.25) is 0 Å². The minimum Gasteiger partial charge on any atom is -0.465 e. The molecule has 0 aliphatic carbocycles. The van der Waals surface area contributed by atoms with Gasteiger partial charge in [-0.05, 0) is 42.3 Å². The number of halogens is 1. The van der Waals surface area contributed by atoms with Gasteiger partial charge >= 0.3 is 6.09 Å². The lowest BCUT2D eigenvalue weighted by Gasteiger charge is -2.15. The zero-order chi connectivity index (χ0) is 23.1. The number of hydrogen-bond donors (Lipinski definition) is 4. The van der Waals surface area contributed by atoms with Gasteiger partial charge in [-0.2, -0.15) is 0 Å². The second-order valence-corrected chi connectivity index (χ2v) is 6.87. The Bertz CT molecular complexity index is 1120. The Morgan fingerprint density at radius 3 is 2.34 bits per heavy atom. The van der Waals surface area contributed by atoms with Crippen molar-refractivity contribution >= 4 is 35.0 Å². The van der Waals surface area contributed by atoms with Crippen LogP contribution < -0.4 is 16.0 Å². The molecule has 0 aliphatic rings. The average Bonchev–Trinajstić information content (AvgIpc) is 2.77. The Morgan fingerprint density at radius 2 is 1.72 bits per heavy atom. The number of anilines is 3. The van der Waals surface area contributed by atoms with Crippen LogP contribution in [0.4, 0.5) is 26.2 Å². The Hall–Kier alpha value is -4.27. The SMILES string of the molecule is CC[C@@H](C(=O)Nc1ccc(C(=O)Nc2ccc(F)cc2NC(=O)O)nc1)c1ccccc1. The van der Waals surface area contributed by atoms with E-state index >= 15 is 0 Å². The van der Waals surface area contributed by atoms with E-state index in [0.29, 0.717) is 12.1 Å². The lowest BCUT2D eigenvalue weighted by molar-refractivity contribution is -0.117. The fourth-order valence-corrected chi connectivity index (χ4v) is 3.12. The van der Waals surface area contributed by atoms with Crippen molar-refractivity contribution < 1.29 is 23.9 Å². The van der Waals surface area contributed by atoms with Gasteiger partial charge in [-0.1, -0.05) is 37.3 Å². The third-order valence-corrected chi connectivity index (χ3v) is 4.66. The number of carbonyl (C=O) groups is 3. The van der Waals surface area contributed by atoms with Crippen LogP contribution in [0, 0.1) is 5.82 Å². The lowest BCUT2D eigenvalue weighted by atomic mass is 9.95. The molecule has 0 radical (unpaired) electrons. The highest BCUT2D eigenvalue weighted by Crippen LogP contribution is 2.24. The molecule has 3 aromatic rings. The smallest absolute Gasteiger partial charge is 0.409 e. The molecular formula is C23H21FN4O4. The molecule has 1 aromatic heterocycles. The molecule has 164 valence electrons. The first-order valence-corrected chi connectivity index (χ1v) is 9.80. The summed E-state index contributed by atoms with van der Waals surface area (Å²) < 4.78 is 13.4. The van der Waals surface area contributed by atoms with Gasteiger partial charge in [-0.25, -0.2) is 14.2 Å². The Kier molecular flexibility index (Phi) is 7.12. The van der Waals surface area contributed by atoms with Gasteiger partial charge in [0.15, 0.2) is 0 Å². The Labute approximate surface area is 183 Å². The molecule has 1 heterocycles. The van der Waals surface area contributed by atoms with Crippen molar-refractivity contribution in [2.24, 2.45) is 0 Å². The van der Waals surface area contributed by atoms with Crippen molar-refractivity contribution in [3.63, 3.8) is 0 Å². The van der Waals surface area contributed by atoms with Crippen LogP contribution in [0.5, 0.6) is 0 Å². The van der Waals surface area contributed by atoms with E-state index in [9.17, 15) is 18.8 Å². The van der Waals surface area contributed by atoms with Gasteiger partial charge in [0.2, 0.25) is 5.91 Å². The summed E-state index contributed by atoms with van der Waals surface area (Å²) >= 11 is 0. The fraction of sp³-hybridized carbons (Fsp3) is 0.130. The standard InChI is InChI=1S/C23H21FN4O4/c1-2-17(14-6-4-3-5-7-14)21(29)26-16-9-11-19(25-13-16)22(30)27-18-10-8-15(24)12-20(18)28-23(31)32/h3-13,17,28H,2H2,1H3,(H,26,29)(H,27,30)(H,31,32)/t17-/m1/s1. The molecule has 3 rings (SSSR count). The van der Waals surface area contributed by atoms with Gasteiger partial charge in [0, 0.05) is 0 Å². The number of nitrogens with zero attached hydrogens (tertiary/aromatic N) is 1. The number of amides is 3. The molecule has 2 aromatic carbocycles. The second-order valence-electron chi connectivity index (χ2n) is 6.87. The molecule has 0 fully saturated rings. The maximum absolute atomic E-state index is 13.4. The zero-order valence-electron chi connectivity index (χ0n) is 17.1. The summed E-state index contributed by atoms with van der Waals surface area (Å²) in [7, 11) is 0. The van der Waals surface area contributed by atoms with Crippen LogP contribution in [0.1, 0.15) is 35.3 Å². The normalized spacial score (nSPS) is 11.3. The summed E-state index contributed by atoms with van der Waals surface area (Å²) in [4.78, 5) is 40.1. The van der Waals surface area contributed by atoms with Gasteiger partial charge < -0.3 is 15.7 Å². The summed E-state index contributed by atoms with van der Waals surface area (Å²) in [5.74, 6) is -1.80. The van der Waals surface area contributed by atoms with Crippen molar-refractivity contribution in [3.05, 3.63) is 83.9 Å². The number of pyridine rings is 1. The third kappa shape index (κ3) is 5.66. The van der Waals surface area contributed by atoms with Gasteiger partial charge in [-0.3, -0.25) is 14.9 Å². The van der Waals surface area contributed by atoms with Crippen LogP contribution in [0.3, 0.4) is 0 Å². The van der Waals surface area contributed by atoms with Crippen molar-refractivity contribution in [3.8, 4) is 0 Å². The largest absolute Gasteiger partial charge is 0.465 e. The maximum atomic E-state index is 13.4. The molecule has 0 aliphatic heterocycles. The molecule has 0 saturated carbocycles. The van der Waals surface area contributed by atoms with E-state index in [1.54, 1.807) is 6.07 Å². The second kappa shape index (κ2) is 10.2. The Morgan fingerprint density at radius 1 is 0.969 bits per heavy atom. The maximum Gasteiger partial charge on any atom is 0.409 e. The van der Waals surface area contributed by atoms with Crippen molar-refractivity contribution in [2.75, 3.05) is 16.0 Å². The van der Waals surface area contributed by atoms with Crippen molar-refractivity contribution in [1.29, 1.82) is 0 Å². The van der Waals surface area contributed by atoms with E-state index in [0.717, 1.165) is 17.7 Å². The van der Waals surface area contributed by atoms with Crippen LogP contribution in [-0.4, -0.2) is 28.0 Å². The monoisotopic (exact) mass is 436 g/mol. The minimum absolute atomic E-state index is 0.0312. The fourth-order valence-electron chi connectivity index (χ4n) is 3.12. The van der Waals surface area contributed by atoms with Gasteiger partial charge in [-0.15, -0.1) is 0 Å². The van der Waals surface area contributed by atoms with Crippen LogP contribution in [-0.2, 0) is 4.79 Å². The molecule has 9 heteroatoms. The van der Waals surface area contributed by atoms with Crippen LogP contribution in [0.25, 0.3) is 0 Å². The number of aromatic nitrogens is 1. The highest BCUT2D eigenvalue weighted by Gasteiger charge is 2.19. The number of rotatable bonds is 7. The first-order valence-electron chi connectivity index (χ1n) is 9.80. The minimum atomic E-state index is -1.40. The average molecular weight is 436 g/mol. The van der Waals surface area contributed by atoms with E-state index in [1.165, 1.54) is 18.3 Å². The van der Waals surface area contributed by atoms with Crippen molar-refractivity contribution in [1.82, 2.24) is 4.98 Å². The summed E-state index contributed by atoms with van der Waals surface area (Å²) in [6.45, 7) is 1.92. The summed E-state index contributed by atoms with van der Waals surface area (Å²) in [6, 6.07) is 15.7. The van der Waals surface area contributed by atoms with Gasteiger partial charge in [0.25, 0.3) is 5.91 Å². The quantitative estimate of drug-likeness (QED) is 0.428. The number of hydrogen-bond acceptors (Lipinski definition) is 4. The van der Waals surface area contributed by atoms with E-state index in [1.807, 2.05) is 42.6 Å². The predicted octanol–water partition coefficient (Wildman–Crippen LogP) is 4.70. The van der Waals surface area contributed by atoms with E-state index in [4.69, 9.17) is 5.11 Å². The first-order chi connectivity index (χ1) is 15.4. The van der Waals surface area contributed by atoms with Crippen LogP contribution >= 0.6 is 0 Å². The van der Waals surface area contributed by atoms with Crippen molar-refractivity contribution in [2.45, 2.75) is 19.3 Å².